The van der Waals surface area contributed by atoms with Crippen molar-refractivity contribution in [3.63, 3.8) is 0 Å². The van der Waals surface area contributed by atoms with E-state index in [1.54, 1.807) is 6.07 Å². The maximum Gasteiger partial charge on any atom is 0.387 e. The van der Waals surface area contributed by atoms with Gasteiger partial charge in [0.2, 0.25) is 0 Å². The molecule has 1 heterocycles. The topological polar surface area (TPSA) is 50.4 Å². The Morgan fingerprint density at radius 3 is 2.90 bits per heavy atom. The number of piperidine rings is 1. The summed E-state index contributed by atoms with van der Waals surface area (Å²) in [5.74, 6) is -0.285. The summed E-state index contributed by atoms with van der Waals surface area (Å²) >= 11 is 0. The van der Waals surface area contributed by atoms with Crippen LogP contribution in [0.25, 0.3) is 0 Å². The third-order valence-electron chi connectivity index (χ3n) is 3.40. The molecule has 1 saturated heterocycles. The molecule has 118 valence electrons. The van der Waals surface area contributed by atoms with Gasteiger partial charge in [0.05, 0.1) is 0 Å². The van der Waals surface area contributed by atoms with E-state index in [2.05, 4.69) is 15.4 Å². The highest BCUT2D eigenvalue weighted by molar-refractivity contribution is 5.94. The highest BCUT2D eigenvalue weighted by Gasteiger charge is 2.23. The minimum absolute atomic E-state index is 0. The summed E-state index contributed by atoms with van der Waals surface area (Å²) in [7, 11) is 0. The van der Waals surface area contributed by atoms with Crippen molar-refractivity contribution in [2.75, 3.05) is 6.54 Å². The molecule has 2 N–H and O–H groups in total. The number of hydrogen-bond donors (Lipinski definition) is 2. The van der Waals surface area contributed by atoms with Crippen LogP contribution in [0, 0.1) is 0 Å². The van der Waals surface area contributed by atoms with Gasteiger partial charge in [0.1, 0.15) is 5.75 Å². The van der Waals surface area contributed by atoms with Gasteiger partial charge in [-0.2, -0.15) is 8.78 Å². The van der Waals surface area contributed by atoms with Gasteiger partial charge in [-0.05, 0) is 44.5 Å². The van der Waals surface area contributed by atoms with E-state index in [4.69, 9.17) is 0 Å². The van der Waals surface area contributed by atoms with Crippen LogP contribution in [0.1, 0.15) is 30.1 Å². The fourth-order valence-corrected chi connectivity index (χ4v) is 2.31. The minimum atomic E-state index is -2.89. The Morgan fingerprint density at radius 1 is 1.48 bits per heavy atom. The van der Waals surface area contributed by atoms with Crippen LogP contribution in [-0.4, -0.2) is 31.1 Å². The number of rotatable bonds is 4. The highest BCUT2D eigenvalue weighted by Crippen LogP contribution is 2.16. The van der Waals surface area contributed by atoms with Crippen molar-refractivity contribution in [3.8, 4) is 5.75 Å². The maximum atomic E-state index is 12.1. The molecule has 0 spiro atoms. The van der Waals surface area contributed by atoms with Crippen LogP contribution in [-0.2, 0) is 0 Å². The predicted octanol–water partition coefficient (Wildman–Crippen LogP) is 2.58. The molecule has 2 unspecified atom stereocenters. The van der Waals surface area contributed by atoms with E-state index >= 15 is 0 Å². The lowest BCUT2D eigenvalue weighted by Crippen LogP contribution is -2.51. The first kappa shape index (κ1) is 17.7. The summed E-state index contributed by atoms with van der Waals surface area (Å²) in [5.41, 5.74) is 0.320. The zero-order chi connectivity index (χ0) is 14.5. The van der Waals surface area contributed by atoms with Gasteiger partial charge in [-0.25, -0.2) is 0 Å². The molecule has 0 bridgehead atoms. The van der Waals surface area contributed by atoms with Gasteiger partial charge in [0, 0.05) is 17.6 Å². The fourth-order valence-electron chi connectivity index (χ4n) is 2.31. The molecule has 1 amide bonds. The van der Waals surface area contributed by atoms with Crippen molar-refractivity contribution in [2.24, 2.45) is 0 Å². The minimum Gasteiger partial charge on any atom is -0.435 e. The standard InChI is InChI=1S/C14H18F2N2O2.ClH/c1-9-12(6-3-7-17-9)18-13(19)10-4-2-5-11(8-10)20-14(15)16;/h2,4-5,8-9,12,14,17H,3,6-7H2,1H3,(H,18,19);1H. The second-order valence-electron chi connectivity index (χ2n) is 4.87. The molecule has 1 fully saturated rings. The largest absolute Gasteiger partial charge is 0.435 e. The molecule has 1 aromatic carbocycles. The molecule has 7 heteroatoms. The van der Waals surface area contributed by atoms with Gasteiger partial charge in [0.25, 0.3) is 5.91 Å². The number of halogens is 3. The van der Waals surface area contributed by atoms with E-state index in [9.17, 15) is 13.6 Å². The van der Waals surface area contributed by atoms with Crippen LogP contribution in [0.15, 0.2) is 24.3 Å². The molecule has 1 aliphatic heterocycles. The fraction of sp³-hybridized carbons (Fsp3) is 0.500. The second kappa shape index (κ2) is 8.14. The van der Waals surface area contributed by atoms with Crippen molar-refractivity contribution in [2.45, 2.75) is 38.5 Å². The first-order valence-corrected chi connectivity index (χ1v) is 6.65. The van der Waals surface area contributed by atoms with E-state index < -0.39 is 6.61 Å². The summed E-state index contributed by atoms with van der Waals surface area (Å²) in [6, 6.07) is 6.07. The number of carbonyl (C=O) groups is 1. The molecule has 4 nitrogen and oxygen atoms in total. The smallest absolute Gasteiger partial charge is 0.387 e. The molecule has 2 rings (SSSR count). The summed E-state index contributed by atoms with van der Waals surface area (Å²) in [6.45, 7) is 0.0713. The van der Waals surface area contributed by atoms with Crippen molar-refractivity contribution in [3.05, 3.63) is 29.8 Å². The summed E-state index contributed by atoms with van der Waals surface area (Å²) in [5, 5.41) is 6.21. The highest BCUT2D eigenvalue weighted by atomic mass is 35.5. The Morgan fingerprint density at radius 2 is 2.24 bits per heavy atom. The summed E-state index contributed by atoms with van der Waals surface area (Å²) in [4.78, 5) is 12.1. The number of hydrogen-bond acceptors (Lipinski definition) is 3. The number of carbonyl (C=O) groups excluding carboxylic acids is 1. The van der Waals surface area contributed by atoms with Gasteiger partial charge in [-0.15, -0.1) is 12.4 Å². The average Bonchev–Trinajstić information content (AvgIpc) is 2.41. The molecule has 1 aromatic rings. The average molecular weight is 321 g/mol. The Balaban J connectivity index is 0.00000220. The van der Waals surface area contributed by atoms with Crippen molar-refractivity contribution >= 4 is 18.3 Å². The molecule has 0 radical (unpaired) electrons. The van der Waals surface area contributed by atoms with E-state index in [1.807, 2.05) is 6.92 Å². The zero-order valence-electron chi connectivity index (χ0n) is 11.6. The van der Waals surface area contributed by atoms with Crippen LogP contribution < -0.4 is 15.4 Å². The Bertz CT molecular complexity index is 474. The Kier molecular flexibility index (Phi) is 6.84. The molecular weight excluding hydrogens is 302 g/mol. The lowest BCUT2D eigenvalue weighted by molar-refractivity contribution is -0.0498. The monoisotopic (exact) mass is 320 g/mol. The second-order valence-corrected chi connectivity index (χ2v) is 4.87. The number of amides is 1. The quantitative estimate of drug-likeness (QED) is 0.896. The Labute approximate surface area is 128 Å². The summed E-state index contributed by atoms with van der Waals surface area (Å²) in [6.07, 6.45) is 1.91. The molecule has 0 aromatic heterocycles. The van der Waals surface area contributed by atoms with Crippen molar-refractivity contribution < 1.29 is 18.3 Å². The van der Waals surface area contributed by atoms with E-state index in [0.29, 0.717) is 5.56 Å². The number of ether oxygens (including phenoxy) is 1. The number of benzene rings is 1. The van der Waals surface area contributed by atoms with Crippen LogP contribution in [0.3, 0.4) is 0 Å². The SMILES string of the molecule is CC1NCCCC1NC(=O)c1cccc(OC(F)F)c1.Cl. The van der Waals surface area contributed by atoms with Gasteiger partial charge in [-0.3, -0.25) is 4.79 Å². The van der Waals surface area contributed by atoms with E-state index in [-0.39, 0.29) is 36.1 Å². The lowest BCUT2D eigenvalue weighted by atomic mass is 9.99. The van der Waals surface area contributed by atoms with Gasteiger partial charge >= 0.3 is 6.61 Å². The van der Waals surface area contributed by atoms with Crippen molar-refractivity contribution in [1.29, 1.82) is 0 Å². The van der Waals surface area contributed by atoms with Crippen LogP contribution in [0.5, 0.6) is 5.75 Å². The third-order valence-corrected chi connectivity index (χ3v) is 3.40. The molecular formula is C14H19ClF2N2O2. The molecule has 0 aliphatic carbocycles. The molecule has 2 atom stereocenters. The summed E-state index contributed by atoms with van der Waals surface area (Å²) < 4.78 is 28.6. The van der Waals surface area contributed by atoms with Crippen molar-refractivity contribution in [1.82, 2.24) is 10.6 Å². The first-order chi connectivity index (χ1) is 9.56. The van der Waals surface area contributed by atoms with Gasteiger partial charge in [-0.1, -0.05) is 6.07 Å². The number of alkyl halides is 2. The number of nitrogens with one attached hydrogen (secondary N) is 2. The Hall–Kier alpha value is -1.40. The maximum absolute atomic E-state index is 12.1. The third kappa shape index (κ3) is 5.13. The predicted molar refractivity (Wildman–Crippen MR) is 78.3 cm³/mol. The molecule has 0 saturated carbocycles. The van der Waals surface area contributed by atoms with E-state index in [0.717, 1.165) is 19.4 Å². The van der Waals surface area contributed by atoms with Crippen LogP contribution in [0.2, 0.25) is 0 Å². The first-order valence-electron chi connectivity index (χ1n) is 6.65. The lowest BCUT2D eigenvalue weighted by Gasteiger charge is -2.30. The van der Waals surface area contributed by atoms with Gasteiger partial charge < -0.3 is 15.4 Å². The zero-order valence-corrected chi connectivity index (χ0v) is 12.5. The molecule has 21 heavy (non-hydrogen) atoms. The van der Waals surface area contributed by atoms with Crippen LogP contribution >= 0.6 is 12.4 Å². The van der Waals surface area contributed by atoms with Crippen LogP contribution in [0.4, 0.5) is 8.78 Å². The van der Waals surface area contributed by atoms with E-state index in [1.165, 1.54) is 18.2 Å². The normalized spacial score (nSPS) is 21.5. The molecule has 1 aliphatic rings. The van der Waals surface area contributed by atoms with Gasteiger partial charge in [0.15, 0.2) is 0 Å².